The first-order valence-corrected chi connectivity index (χ1v) is 9.09. The molecule has 0 spiro atoms. The van der Waals surface area contributed by atoms with E-state index in [1.165, 1.54) is 23.9 Å². The molecule has 0 aliphatic carbocycles. The molecule has 0 aliphatic rings. The summed E-state index contributed by atoms with van der Waals surface area (Å²) in [7, 11) is 0. The molecule has 1 N–H and O–H groups in total. The van der Waals surface area contributed by atoms with Gasteiger partial charge in [-0.2, -0.15) is 8.78 Å². The number of nitrogens with one attached hydrogen (secondary N) is 1. The summed E-state index contributed by atoms with van der Waals surface area (Å²) in [6, 6.07) is 13.7. The van der Waals surface area contributed by atoms with Crippen LogP contribution in [0.5, 0.6) is 5.75 Å². The number of alkyl halides is 2. The second kappa shape index (κ2) is 8.68. The van der Waals surface area contributed by atoms with Crippen molar-refractivity contribution < 1.29 is 18.3 Å². The highest BCUT2D eigenvalue weighted by atomic mass is 32.2. The van der Waals surface area contributed by atoms with Crippen LogP contribution >= 0.6 is 11.8 Å². The fourth-order valence-electron chi connectivity index (χ4n) is 2.55. The minimum atomic E-state index is -2.96. The largest absolute Gasteiger partial charge is 0.433 e. The standard InChI is InChI=1S/C19H17F2N3O2S/c1-2-11-24-15-9-5-3-7-13(15)23-19(24)27-12-17(25)22-14-8-4-6-10-16(14)26-18(20)21/h2-10,18H,1,11-12H2,(H,22,25). The number of carbonyl (C=O) groups is 1. The molecule has 1 heterocycles. The molecule has 0 saturated heterocycles. The predicted molar refractivity (Wildman–Crippen MR) is 102 cm³/mol. The van der Waals surface area contributed by atoms with Gasteiger partial charge in [0.25, 0.3) is 0 Å². The third-order valence-electron chi connectivity index (χ3n) is 3.64. The van der Waals surface area contributed by atoms with Crippen molar-refractivity contribution >= 4 is 34.4 Å². The highest BCUT2D eigenvalue weighted by Gasteiger charge is 2.14. The first kappa shape index (κ1) is 18.9. The molecule has 140 valence electrons. The fourth-order valence-corrected chi connectivity index (χ4v) is 3.38. The quantitative estimate of drug-likeness (QED) is 0.453. The number of rotatable bonds is 8. The number of amides is 1. The van der Waals surface area contributed by atoms with E-state index in [9.17, 15) is 13.6 Å². The van der Waals surface area contributed by atoms with E-state index < -0.39 is 6.61 Å². The molecule has 0 aliphatic heterocycles. The molecular formula is C19H17F2N3O2S. The summed E-state index contributed by atoms with van der Waals surface area (Å²) in [4.78, 5) is 16.8. The lowest BCUT2D eigenvalue weighted by atomic mass is 10.3. The van der Waals surface area contributed by atoms with E-state index in [0.717, 1.165) is 11.0 Å². The van der Waals surface area contributed by atoms with Crippen LogP contribution in [0, 0.1) is 0 Å². The van der Waals surface area contributed by atoms with Crippen LogP contribution in [0.15, 0.2) is 66.3 Å². The third-order valence-corrected chi connectivity index (χ3v) is 4.62. The van der Waals surface area contributed by atoms with Crippen LogP contribution in [0.4, 0.5) is 14.5 Å². The van der Waals surface area contributed by atoms with Crippen LogP contribution in [0.3, 0.4) is 0 Å². The Kier molecular flexibility index (Phi) is 6.08. The van der Waals surface area contributed by atoms with Gasteiger partial charge < -0.3 is 14.6 Å². The number of benzene rings is 2. The number of allylic oxidation sites excluding steroid dienone is 1. The number of halogens is 2. The van der Waals surface area contributed by atoms with E-state index in [1.807, 2.05) is 28.8 Å². The lowest BCUT2D eigenvalue weighted by Crippen LogP contribution is -2.16. The summed E-state index contributed by atoms with van der Waals surface area (Å²) in [5.74, 6) is -0.351. The van der Waals surface area contributed by atoms with Crippen molar-refractivity contribution in [3.63, 3.8) is 0 Å². The number of fused-ring (bicyclic) bond motifs is 1. The van der Waals surface area contributed by atoms with Crippen molar-refractivity contribution in [3.8, 4) is 5.75 Å². The predicted octanol–water partition coefficient (Wildman–Crippen LogP) is 4.55. The van der Waals surface area contributed by atoms with Gasteiger partial charge >= 0.3 is 6.61 Å². The average molecular weight is 389 g/mol. The van der Waals surface area contributed by atoms with Crippen molar-refractivity contribution in [1.29, 1.82) is 0 Å². The Morgan fingerprint density at radius 1 is 1.26 bits per heavy atom. The second-order valence-electron chi connectivity index (χ2n) is 5.49. The Bertz CT molecular complexity index is 959. The van der Waals surface area contributed by atoms with Gasteiger partial charge in [-0.05, 0) is 24.3 Å². The molecule has 1 aromatic heterocycles. The fraction of sp³-hybridized carbons (Fsp3) is 0.158. The van der Waals surface area contributed by atoms with Crippen LogP contribution in [0.1, 0.15) is 0 Å². The van der Waals surface area contributed by atoms with Gasteiger partial charge in [-0.3, -0.25) is 4.79 Å². The molecule has 5 nitrogen and oxygen atoms in total. The highest BCUT2D eigenvalue weighted by molar-refractivity contribution is 7.99. The number of thioether (sulfide) groups is 1. The SMILES string of the molecule is C=CCn1c(SCC(=O)Nc2ccccc2OC(F)F)nc2ccccc21. The van der Waals surface area contributed by atoms with Gasteiger partial charge in [0, 0.05) is 6.54 Å². The molecular weight excluding hydrogens is 372 g/mol. The lowest BCUT2D eigenvalue weighted by molar-refractivity contribution is -0.113. The number of anilines is 1. The Morgan fingerprint density at radius 3 is 2.78 bits per heavy atom. The smallest absolute Gasteiger partial charge is 0.387 e. The zero-order valence-electron chi connectivity index (χ0n) is 14.3. The van der Waals surface area contributed by atoms with Gasteiger partial charge in [0.2, 0.25) is 5.91 Å². The molecule has 0 fully saturated rings. The van der Waals surface area contributed by atoms with E-state index in [4.69, 9.17) is 0 Å². The summed E-state index contributed by atoms with van der Waals surface area (Å²) in [6.45, 7) is 1.36. The van der Waals surface area contributed by atoms with E-state index >= 15 is 0 Å². The molecule has 27 heavy (non-hydrogen) atoms. The number of para-hydroxylation sites is 4. The van der Waals surface area contributed by atoms with Crippen molar-refractivity contribution in [2.75, 3.05) is 11.1 Å². The topological polar surface area (TPSA) is 56.2 Å². The summed E-state index contributed by atoms with van der Waals surface area (Å²) in [5.41, 5.74) is 1.98. The zero-order valence-corrected chi connectivity index (χ0v) is 15.1. The second-order valence-corrected chi connectivity index (χ2v) is 6.44. The van der Waals surface area contributed by atoms with Crippen LogP contribution in [0.2, 0.25) is 0 Å². The molecule has 0 saturated carbocycles. The maximum absolute atomic E-state index is 12.5. The molecule has 0 unspecified atom stereocenters. The number of hydrogen-bond donors (Lipinski definition) is 1. The van der Waals surface area contributed by atoms with Gasteiger partial charge in [-0.15, -0.1) is 6.58 Å². The Morgan fingerprint density at radius 2 is 2.00 bits per heavy atom. The van der Waals surface area contributed by atoms with Crippen LogP contribution in [0.25, 0.3) is 11.0 Å². The Balaban J connectivity index is 1.71. The van der Waals surface area contributed by atoms with Crippen molar-refractivity contribution in [2.24, 2.45) is 0 Å². The van der Waals surface area contributed by atoms with Crippen molar-refractivity contribution in [1.82, 2.24) is 9.55 Å². The van der Waals surface area contributed by atoms with Crippen molar-refractivity contribution in [3.05, 3.63) is 61.2 Å². The van der Waals surface area contributed by atoms with Crippen LogP contribution in [-0.2, 0) is 11.3 Å². The molecule has 8 heteroatoms. The highest BCUT2D eigenvalue weighted by Crippen LogP contribution is 2.27. The Hall–Kier alpha value is -2.87. The summed E-state index contributed by atoms with van der Waals surface area (Å²) < 4.78 is 31.3. The number of nitrogens with zero attached hydrogens (tertiary/aromatic N) is 2. The number of aromatic nitrogens is 2. The van der Waals surface area contributed by atoms with Crippen LogP contribution in [-0.4, -0.2) is 27.8 Å². The molecule has 0 bridgehead atoms. The van der Waals surface area contributed by atoms with E-state index in [0.29, 0.717) is 11.7 Å². The number of imidazole rings is 1. The summed E-state index contributed by atoms with van der Waals surface area (Å²) in [5, 5.41) is 3.28. The maximum atomic E-state index is 12.5. The number of hydrogen-bond acceptors (Lipinski definition) is 4. The van der Waals surface area contributed by atoms with Gasteiger partial charge in [-0.25, -0.2) is 4.98 Å². The molecule has 3 aromatic rings. The third kappa shape index (κ3) is 4.65. The Labute approximate surface area is 159 Å². The van der Waals surface area contributed by atoms with Gasteiger partial charge in [0.05, 0.1) is 22.5 Å². The first-order chi connectivity index (χ1) is 13.1. The van der Waals surface area contributed by atoms with Gasteiger partial charge in [-0.1, -0.05) is 42.1 Å². The zero-order chi connectivity index (χ0) is 19.2. The first-order valence-electron chi connectivity index (χ1n) is 8.11. The minimum absolute atomic E-state index is 0.0729. The summed E-state index contributed by atoms with van der Waals surface area (Å²) in [6.07, 6.45) is 1.76. The average Bonchev–Trinajstić information content (AvgIpc) is 2.99. The molecule has 2 aromatic carbocycles. The minimum Gasteiger partial charge on any atom is -0.433 e. The maximum Gasteiger partial charge on any atom is 0.387 e. The lowest BCUT2D eigenvalue weighted by Gasteiger charge is -2.11. The van der Waals surface area contributed by atoms with Crippen molar-refractivity contribution in [2.45, 2.75) is 18.3 Å². The number of ether oxygens (including phenoxy) is 1. The van der Waals surface area contributed by atoms with E-state index in [1.54, 1.807) is 18.2 Å². The molecule has 1 amide bonds. The number of carbonyl (C=O) groups excluding carboxylic acids is 1. The van der Waals surface area contributed by atoms with Gasteiger partial charge in [0.15, 0.2) is 5.16 Å². The van der Waals surface area contributed by atoms with Gasteiger partial charge in [0.1, 0.15) is 5.75 Å². The van der Waals surface area contributed by atoms with Crippen LogP contribution < -0.4 is 10.1 Å². The molecule has 3 rings (SSSR count). The monoisotopic (exact) mass is 389 g/mol. The normalized spacial score (nSPS) is 10.9. The molecule has 0 atom stereocenters. The molecule has 0 radical (unpaired) electrons. The summed E-state index contributed by atoms with van der Waals surface area (Å²) >= 11 is 1.26. The van der Waals surface area contributed by atoms with E-state index in [-0.39, 0.29) is 23.1 Å². The van der Waals surface area contributed by atoms with E-state index in [2.05, 4.69) is 21.6 Å².